The molecule has 0 saturated heterocycles. The molecule has 104 valence electrons. The van der Waals surface area contributed by atoms with Gasteiger partial charge in [-0.2, -0.15) is 0 Å². The van der Waals surface area contributed by atoms with Crippen LogP contribution in [0, 0.1) is 25.5 Å². The Labute approximate surface area is 116 Å². The molecule has 4 heteroatoms. The summed E-state index contributed by atoms with van der Waals surface area (Å²) in [6.45, 7) is 3.43. The van der Waals surface area contributed by atoms with E-state index in [-0.39, 0.29) is 5.78 Å². The molecule has 0 aliphatic heterocycles. The molecule has 0 saturated carbocycles. The third-order valence-corrected chi connectivity index (χ3v) is 3.10. The zero-order valence-corrected chi connectivity index (χ0v) is 11.2. The van der Waals surface area contributed by atoms with Gasteiger partial charge >= 0.3 is 0 Å². The van der Waals surface area contributed by atoms with E-state index < -0.39 is 24.0 Å². The first kappa shape index (κ1) is 14.2. The molecule has 2 aromatic carbocycles. The van der Waals surface area contributed by atoms with Crippen LogP contribution in [0.3, 0.4) is 0 Å². The fourth-order valence-corrected chi connectivity index (χ4v) is 1.76. The topological polar surface area (TPSA) is 26.3 Å². The number of hydrogen-bond donors (Lipinski definition) is 0. The molecular formula is C16H14F2O2. The van der Waals surface area contributed by atoms with Gasteiger partial charge in [0, 0.05) is 5.56 Å². The van der Waals surface area contributed by atoms with Gasteiger partial charge < -0.3 is 4.74 Å². The number of halogens is 2. The van der Waals surface area contributed by atoms with Crippen LogP contribution in [-0.4, -0.2) is 12.4 Å². The fourth-order valence-electron chi connectivity index (χ4n) is 1.76. The first-order valence-electron chi connectivity index (χ1n) is 6.16. The second-order valence-corrected chi connectivity index (χ2v) is 4.56. The summed E-state index contributed by atoms with van der Waals surface area (Å²) in [6, 6.07) is 8.64. The lowest BCUT2D eigenvalue weighted by molar-refractivity contribution is 0.0915. The van der Waals surface area contributed by atoms with Gasteiger partial charge in [-0.1, -0.05) is 18.2 Å². The van der Waals surface area contributed by atoms with Gasteiger partial charge in [0.25, 0.3) is 0 Å². The fraction of sp³-hybridized carbons (Fsp3) is 0.188. The summed E-state index contributed by atoms with van der Waals surface area (Å²) in [7, 11) is 0. The van der Waals surface area contributed by atoms with Gasteiger partial charge in [0.1, 0.15) is 0 Å². The molecule has 0 atom stereocenters. The van der Waals surface area contributed by atoms with Gasteiger partial charge in [-0.25, -0.2) is 8.78 Å². The Hall–Kier alpha value is -2.23. The van der Waals surface area contributed by atoms with E-state index in [2.05, 4.69) is 0 Å². The third kappa shape index (κ3) is 3.02. The first-order valence-corrected chi connectivity index (χ1v) is 6.16. The van der Waals surface area contributed by atoms with Crippen LogP contribution in [0.4, 0.5) is 8.78 Å². The Morgan fingerprint density at radius 3 is 2.30 bits per heavy atom. The highest BCUT2D eigenvalue weighted by Gasteiger charge is 2.13. The predicted molar refractivity (Wildman–Crippen MR) is 72.1 cm³/mol. The monoisotopic (exact) mass is 276 g/mol. The normalized spacial score (nSPS) is 10.4. The lowest BCUT2D eigenvalue weighted by Crippen LogP contribution is -2.13. The minimum Gasteiger partial charge on any atom is -0.479 e. The maximum Gasteiger partial charge on any atom is 0.200 e. The first-order chi connectivity index (χ1) is 9.49. The molecular weight excluding hydrogens is 262 g/mol. The van der Waals surface area contributed by atoms with Crippen LogP contribution in [0.15, 0.2) is 36.4 Å². The van der Waals surface area contributed by atoms with Crippen molar-refractivity contribution in [3.8, 4) is 5.75 Å². The average molecular weight is 276 g/mol. The molecule has 0 aromatic heterocycles. The van der Waals surface area contributed by atoms with Crippen LogP contribution in [0.1, 0.15) is 21.5 Å². The van der Waals surface area contributed by atoms with Crippen molar-refractivity contribution in [3.63, 3.8) is 0 Å². The van der Waals surface area contributed by atoms with Crippen molar-refractivity contribution >= 4 is 5.78 Å². The standard InChI is InChI=1S/C16H14F2O2/c1-10-6-7-12(8-11(10)2)15(19)9-20-16-13(17)4-3-5-14(16)18/h3-8H,9H2,1-2H3. The van der Waals surface area contributed by atoms with E-state index in [1.165, 1.54) is 6.07 Å². The molecule has 0 aliphatic rings. The number of rotatable bonds is 4. The van der Waals surface area contributed by atoms with E-state index in [1.54, 1.807) is 12.1 Å². The molecule has 0 bridgehead atoms. The van der Waals surface area contributed by atoms with Crippen molar-refractivity contribution in [2.45, 2.75) is 13.8 Å². The van der Waals surface area contributed by atoms with Crippen LogP contribution in [0.25, 0.3) is 0 Å². The second kappa shape index (κ2) is 5.82. The molecule has 0 unspecified atom stereocenters. The Morgan fingerprint density at radius 1 is 1.05 bits per heavy atom. The Bertz CT molecular complexity index is 631. The van der Waals surface area contributed by atoms with E-state index in [1.807, 2.05) is 19.9 Å². The van der Waals surface area contributed by atoms with Crippen molar-refractivity contribution in [2.75, 3.05) is 6.61 Å². The molecule has 0 amide bonds. The Balaban J connectivity index is 2.11. The van der Waals surface area contributed by atoms with Crippen molar-refractivity contribution < 1.29 is 18.3 Å². The number of benzene rings is 2. The van der Waals surface area contributed by atoms with E-state index in [0.717, 1.165) is 23.3 Å². The smallest absolute Gasteiger partial charge is 0.200 e. The van der Waals surface area contributed by atoms with Crippen LogP contribution >= 0.6 is 0 Å². The van der Waals surface area contributed by atoms with Crippen LogP contribution in [0.5, 0.6) is 5.75 Å². The van der Waals surface area contributed by atoms with Crippen LogP contribution in [-0.2, 0) is 0 Å². The number of ketones is 1. The Kier molecular flexibility index (Phi) is 4.13. The van der Waals surface area contributed by atoms with Gasteiger partial charge in [-0.15, -0.1) is 0 Å². The van der Waals surface area contributed by atoms with E-state index in [0.29, 0.717) is 5.56 Å². The summed E-state index contributed by atoms with van der Waals surface area (Å²) in [4.78, 5) is 11.9. The molecule has 2 nitrogen and oxygen atoms in total. The van der Waals surface area contributed by atoms with E-state index in [9.17, 15) is 13.6 Å². The maximum absolute atomic E-state index is 13.3. The molecule has 0 spiro atoms. The predicted octanol–water partition coefficient (Wildman–Crippen LogP) is 3.84. The molecule has 0 N–H and O–H groups in total. The van der Waals surface area contributed by atoms with Gasteiger partial charge in [-0.05, 0) is 43.2 Å². The number of ether oxygens (including phenoxy) is 1. The Morgan fingerprint density at radius 2 is 1.70 bits per heavy atom. The zero-order valence-electron chi connectivity index (χ0n) is 11.2. The van der Waals surface area contributed by atoms with Gasteiger partial charge in [0.15, 0.2) is 29.8 Å². The summed E-state index contributed by atoms with van der Waals surface area (Å²) in [5.41, 5.74) is 2.51. The number of Topliss-reactive ketones (excluding diaryl/α,β-unsaturated/α-hetero) is 1. The highest BCUT2D eigenvalue weighted by atomic mass is 19.1. The zero-order chi connectivity index (χ0) is 14.7. The van der Waals surface area contributed by atoms with Gasteiger partial charge in [0.05, 0.1) is 0 Å². The van der Waals surface area contributed by atoms with Gasteiger partial charge in [0.2, 0.25) is 0 Å². The molecule has 2 aromatic rings. The van der Waals surface area contributed by atoms with Crippen molar-refractivity contribution in [3.05, 3.63) is 64.7 Å². The number of carbonyl (C=O) groups excluding carboxylic acids is 1. The molecule has 0 radical (unpaired) electrons. The van der Waals surface area contributed by atoms with Gasteiger partial charge in [-0.3, -0.25) is 4.79 Å². The van der Waals surface area contributed by atoms with Crippen molar-refractivity contribution in [1.82, 2.24) is 0 Å². The maximum atomic E-state index is 13.3. The molecule has 2 rings (SSSR count). The van der Waals surface area contributed by atoms with Crippen molar-refractivity contribution in [2.24, 2.45) is 0 Å². The largest absolute Gasteiger partial charge is 0.479 e. The third-order valence-electron chi connectivity index (χ3n) is 3.10. The van der Waals surface area contributed by atoms with E-state index >= 15 is 0 Å². The molecule has 0 aliphatic carbocycles. The summed E-state index contributed by atoms with van der Waals surface area (Å²) in [5, 5.41) is 0. The number of carbonyl (C=O) groups is 1. The minimum absolute atomic E-state index is 0.323. The molecule has 0 fully saturated rings. The summed E-state index contributed by atoms with van der Waals surface area (Å²) < 4.78 is 31.6. The summed E-state index contributed by atoms with van der Waals surface area (Å²) in [6.07, 6.45) is 0. The van der Waals surface area contributed by atoms with Crippen molar-refractivity contribution in [1.29, 1.82) is 0 Å². The summed E-state index contributed by atoms with van der Waals surface area (Å²) >= 11 is 0. The van der Waals surface area contributed by atoms with Crippen LogP contribution < -0.4 is 4.74 Å². The van der Waals surface area contributed by atoms with E-state index in [4.69, 9.17) is 4.74 Å². The lowest BCUT2D eigenvalue weighted by Gasteiger charge is -2.08. The number of aryl methyl sites for hydroxylation is 2. The van der Waals surface area contributed by atoms with Crippen LogP contribution in [0.2, 0.25) is 0 Å². The highest BCUT2D eigenvalue weighted by Crippen LogP contribution is 2.21. The number of para-hydroxylation sites is 1. The second-order valence-electron chi connectivity index (χ2n) is 4.56. The minimum atomic E-state index is -0.821. The quantitative estimate of drug-likeness (QED) is 0.793. The average Bonchev–Trinajstić information content (AvgIpc) is 2.41. The molecule has 20 heavy (non-hydrogen) atoms. The summed E-state index contributed by atoms with van der Waals surface area (Å²) in [5.74, 6) is -2.49. The highest BCUT2D eigenvalue weighted by molar-refractivity contribution is 5.97. The molecule has 0 heterocycles. The lowest BCUT2D eigenvalue weighted by atomic mass is 10.0. The number of hydrogen-bond acceptors (Lipinski definition) is 2. The SMILES string of the molecule is Cc1ccc(C(=O)COc2c(F)cccc2F)cc1C.